The molecule has 0 saturated heterocycles. The van der Waals surface area contributed by atoms with Crippen LogP contribution in [-0.2, 0) is 42.2 Å². The van der Waals surface area contributed by atoms with Crippen molar-refractivity contribution < 1.29 is 52.2 Å². The molecule has 0 aromatic heterocycles. The number of hydrogen-bond acceptors (Lipinski definition) is 10. The molecule has 0 aromatic rings. The zero-order valence-electron chi connectivity index (χ0n) is 50.5. The van der Waals surface area contributed by atoms with Gasteiger partial charge in [0, 0.05) is 19.3 Å². The van der Waals surface area contributed by atoms with E-state index in [1.807, 2.05) is 12.2 Å². The molecule has 12 heteroatoms. The quantitative estimate of drug-likeness (QED) is 0.0197. The van der Waals surface area contributed by atoms with Crippen molar-refractivity contribution in [2.24, 2.45) is 0 Å². The molecule has 11 nitrogen and oxygen atoms in total. The molecule has 0 aliphatic carbocycles. The molecule has 0 aromatic carbocycles. The van der Waals surface area contributed by atoms with E-state index in [1.54, 1.807) is 0 Å². The van der Waals surface area contributed by atoms with Gasteiger partial charge in [0.25, 0.3) is 0 Å². The maximum absolute atomic E-state index is 13.0. The van der Waals surface area contributed by atoms with E-state index in [0.717, 1.165) is 96.3 Å². The first-order chi connectivity index (χ1) is 39.2. The number of allylic oxidation sites excluding steroid dienone is 20. The third-order valence-corrected chi connectivity index (χ3v) is 13.8. The van der Waals surface area contributed by atoms with E-state index in [4.69, 9.17) is 23.3 Å². The molecule has 0 spiro atoms. The van der Waals surface area contributed by atoms with Crippen LogP contribution in [0, 0.1) is 0 Å². The van der Waals surface area contributed by atoms with E-state index < -0.39 is 57.8 Å². The minimum absolute atomic E-state index is 0.0945. The average molecular weight is 1140 g/mol. The summed E-state index contributed by atoms with van der Waals surface area (Å²) in [6.07, 6.45) is 76.0. The summed E-state index contributed by atoms with van der Waals surface area (Å²) in [5.74, 6) is -1.61. The van der Waals surface area contributed by atoms with Gasteiger partial charge in [0.05, 0.1) is 19.8 Å². The molecule has 0 heterocycles. The lowest BCUT2D eigenvalue weighted by molar-refractivity contribution is -0.161. The van der Waals surface area contributed by atoms with Gasteiger partial charge in [0.1, 0.15) is 12.7 Å². The number of hydrogen-bond donors (Lipinski definition) is 2. The van der Waals surface area contributed by atoms with Crippen molar-refractivity contribution in [1.29, 1.82) is 0 Å². The van der Waals surface area contributed by atoms with Gasteiger partial charge in [-0.05, 0) is 96.3 Å². The Morgan fingerprint density at radius 1 is 0.362 bits per heavy atom. The van der Waals surface area contributed by atoms with Crippen molar-refractivity contribution in [3.05, 3.63) is 122 Å². The van der Waals surface area contributed by atoms with Crippen molar-refractivity contribution in [2.45, 2.75) is 264 Å². The fourth-order valence-corrected chi connectivity index (χ4v) is 8.98. The number of carbonyl (C=O) groups excluding carboxylic acids is 3. The van der Waals surface area contributed by atoms with Gasteiger partial charge in [-0.1, -0.05) is 258 Å². The second-order valence-electron chi connectivity index (χ2n) is 20.5. The first-order valence-electron chi connectivity index (χ1n) is 31.4. The van der Waals surface area contributed by atoms with Gasteiger partial charge in [-0.15, -0.1) is 0 Å². The molecule has 80 heavy (non-hydrogen) atoms. The fourth-order valence-electron chi connectivity index (χ4n) is 8.20. The van der Waals surface area contributed by atoms with Gasteiger partial charge in [0.2, 0.25) is 0 Å². The van der Waals surface area contributed by atoms with Gasteiger partial charge < -0.3 is 24.2 Å². The van der Waals surface area contributed by atoms with E-state index >= 15 is 0 Å². The Morgan fingerprint density at radius 3 is 1.05 bits per heavy atom. The summed E-state index contributed by atoms with van der Waals surface area (Å²) in [6.45, 7) is 4.31. The first-order valence-corrected chi connectivity index (χ1v) is 32.9. The van der Waals surface area contributed by atoms with Crippen LogP contribution in [0.25, 0.3) is 0 Å². The van der Waals surface area contributed by atoms with Gasteiger partial charge in [-0.3, -0.25) is 23.4 Å². The number of aliphatic hydroxyl groups is 1. The van der Waals surface area contributed by atoms with Crippen molar-refractivity contribution in [2.75, 3.05) is 26.4 Å². The number of esters is 3. The van der Waals surface area contributed by atoms with Crippen LogP contribution in [0.15, 0.2) is 122 Å². The van der Waals surface area contributed by atoms with Crippen LogP contribution in [-0.4, -0.2) is 66.5 Å². The molecular weight excluding hydrogens is 1020 g/mol. The summed E-state index contributed by atoms with van der Waals surface area (Å²) in [5, 5.41) is 9.83. The first kappa shape index (κ1) is 75.9. The molecule has 0 aliphatic rings. The number of aliphatic hydroxyl groups excluding tert-OH is 1. The molecule has 0 bridgehead atoms. The van der Waals surface area contributed by atoms with Crippen LogP contribution in [0.3, 0.4) is 0 Å². The predicted octanol–water partition coefficient (Wildman–Crippen LogP) is 19.1. The Bertz CT molecular complexity index is 1800. The minimum atomic E-state index is -4.79. The summed E-state index contributed by atoms with van der Waals surface area (Å²) in [7, 11) is -4.79. The van der Waals surface area contributed by atoms with Crippen molar-refractivity contribution in [3.8, 4) is 0 Å². The highest BCUT2D eigenvalue weighted by Crippen LogP contribution is 2.43. The molecule has 0 aliphatic heterocycles. The highest BCUT2D eigenvalue weighted by atomic mass is 31.2. The van der Waals surface area contributed by atoms with E-state index in [0.29, 0.717) is 19.3 Å². The molecule has 0 rings (SSSR count). The Kier molecular flexibility index (Phi) is 57.8. The maximum Gasteiger partial charge on any atom is 0.472 e. The zero-order valence-corrected chi connectivity index (χ0v) is 51.4. The fraction of sp³-hybridized carbons (Fsp3) is 0.662. The summed E-state index contributed by atoms with van der Waals surface area (Å²) >= 11 is 0. The number of phosphoric acid groups is 1. The van der Waals surface area contributed by atoms with Crippen molar-refractivity contribution in [3.63, 3.8) is 0 Å². The Balaban J connectivity index is 4.84. The van der Waals surface area contributed by atoms with Gasteiger partial charge >= 0.3 is 25.7 Å². The largest absolute Gasteiger partial charge is 0.472 e. The van der Waals surface area contributed by atoms with Crippen LogP contribution in [0.2, 0.25) is 0 Å². The van der Waals surface area contributed by atoms with E-state index in [1.165, 1.54) is 96.3 Å². The zero-order chi connectivity index (χ0) is 58.3. The van der Waals surface area contributed by atoms with Gasteiger partial charge in [-0.25, -0.2) is 4.57 Å². The van der Waals surface area contributed by atoms with Crippen LogP contribution in [0.4, 0.5) is 0 Å². The molecule has 0 saturated carbocycles. The monoisotopic (exact) mass is 1140 g/mol. The predicted molar refractivity (Wildman–Crippen MR) is 334 cm³/mol. The van der Waals surface area contributed by atoms with Crippen LogP contribution >= 0.6 is 7.82 Å². The summed E-state index contributed by atoms with van der Waals surface area (Å²) in [6, 6.07) is 0. The molecule has 0 radical (unpaired) electrons. The summed E-state index contributed by atoms with van der Waals surface area (Å²) in [5.41, 5.74) is 0. The lowest BCUT2D eigenvalue weighted by Gasteiger charge is -2.21. The lowest BCUT2D eigenvalue weighted by atomic mass is 10.0. The molecule has 3 unspecified atom stereocenters. The summed E-state index contributed by atoms with van der Waals surface area (Å²) in [4.78, 5) is 48.7. The van der Waals surface area contributed by atoms with Crippen LogP contribution in [0.1, 0.15) is 252 Å². The second kappa shape index (κ2) is 61.0. The third-order valence-electron chi connectivity index (χ3n) is 12.9. The molecule has 0 amide bonds. The minimum Gasteiger partial charge on any atom is -0.462 e. The van der Waals surface area contributed by atoms with E-state index in [2.05, 4.69) is 130 Å². The highest BCUT2D eigenvalue weighted by Gasteiger charge is 2.28. The van der Waals surface area contributed by atoms with Crippen LogP contribution in [0.5, 0.6) is 0 Å². The Hall–Kier alpha value is -4.12. The lowest BCUT2D eigenvalue weighted by Crippen LogP contribution is -2.30. The molecule has 0 fully saturated rings. The smallest absolute Gasteiger partial charge is 0.462 e. The van der Waals surface area contributed by atoms with Gasteiger partial charge in [0.15, 0.2) is 6.10 Å². The topological polar surface area (TPSA) is 155 Å². The SMILES string of the molecule is CC/C=C\C/C=C\C/C=C\C/C=C\C/C=C\C/C=C\CCC(=O)OCC(COP(=O)(O)OCC(CO)OC(=O)CCCC/C=C\C/C=C\C/C=C\C/C=C\CC)OC(=O)CCCCCCCCCCCCCCCCCCCCC. The average Bonchev–Trinajstić information content (AvgIpc) is 3.45. The summed E-state index contributed by atoms with van der Waals surface area (Å²) < 4.78 is 39.5. The second-order valence-corrected chi connectivity index (χ2v) is 21.9. The van der Waals surface area contributed by atoms with Crippen molar-refractivity contribution in [1.82, 2.24) is 0 Å². The normalized spacial score (nSPS) is 14.1. The molecule has 3 atom stereocenters. The maximum atomic E-state index is 13.0. The molecule has 2 N–H and O–H groups in total. The van der Waals surface area contributed by atoms with E-state index in [9.17, 15) is 28.9 Å². The number of rotatable bonds is 57. The molecular formula is C68H113O11P. The number of unbranched alkanes of at least 4 members (excludes halogenated alkanes) is 20. The molecule has 456 valence electrons. The van der Waals surface area contributed by atoms with Crippen LogP contribution < -0.4 is 0 Å². The number of carbonyl (C=O) groups is 3. The Morgan fingerprint density at radius 2 is 0.675 bits per heavy atom. The van der Waals surface area contributed by atoms with Gasteiger partial charge in [-0.2, -0.15) is 0 Å². The van der Waals surface area contributed by atoms with Crippen molar-refractivity contribution >= 4 is 25.7 Å². The van der Waals surface area contributed by atoms with E-state index in [-0.39, 0.29) is 25.9 Å². The number of ether oxygens (including phenoxy) is 3. The standard InChI is InChI=1S/C68H113O11P/c1-4-7-10-13-16-19-22-25-28-30-32-34-37-39-42-45-48-51-54-57-66(70)75-61-65(79-68(72)59-56-53-50-47-44-41-38-35-33-31-29-26-23-20-17-14-11-8-5-2)63-77-80(73,74)76-62-64(60-69)78-67(71)58-55-52-49-46-43-40-36-27-24-21-18-15-12-9-6-3/h7,9-10,12,16,18-19,21,25,27-28,32,34,36,39,42-43,46,48,51,64-65,69H,4-6,8,11,13-15,17,20,22-24,26,29-31,33,35,37-38,40-41,44-45,47,49-50,52-63H2,1-3H3,(H,73,74)/b10-7-,12-9-,19-16-,21-18-,28-25-,34-32-,36-27-,42-39-,46-43-,51-48-. The third kappa shape index (κ3) is 58.5. The highest BCUT2D eigenvalue weighted by molar-refractivity contribution is 7.47. The Labute approximate surface area is 487 Å². The number of phosphoric ester groups is 1.